The standard InChI is InChI=1S/C13H18N5O7P/c1-2-3-23-9-8(25-26(21)22)6(4-19)24-12(9)18-5-15-7-10(18)16-13(14)17-11(7)20/h5-6,8-9,12,19H,2-4H2,1H3,(H3-,14,16,17,20,21,22)/p+1. The quantitative estimate of drug-likeness (QED) is 0.449. The lowest BCUT2D eigenvalue weighted by atomic mass is 10.1. The zero-order valence-electron chi connectivity index (χ0n) is 13.8. The molecule has 0 aliphatic carbocycles. The van der Waals surface area contributed by atoms with Crippen LogP contribution >= 0.6 is 8.25 Å². The van der Waals surface area contributed by atoms with Gasteiger partial charge in [0.2, 0.25) is 5.95 Å². The number of nitrogens with two attached hydrogens (primary N) is 1. The normalized spacial score (nSPS) is 26.5. The zero-order chi connectivity index (χ0) is 18.8. The van der Waals surface area contributed by atoms with Gasteiger partial charge in [0.15, 0.2) is 23.5 Å². The van der Waals surface area contributed by atoms with Gasteiger partial charge >= 0.3 is 8.25 Å². The Balaban J connectivity index is 2.04. The minimum absolute atomic E-state index is 0.0511. The number of ether oxygens (including phenoxy) is 2. The van der Waals surface area contributed by atoms with Crippen molar-refractivity contribution in [2.75, 3.05) is 18.9 Å². The minimum Gasteiger partial charge on any atom is -0.394 e. The number of aliphatic hydroxyl groups excluding tert-OH is 1. The molecule has 5 N–H and O–H groups in total. The molecule has 142 valence electrons. The van der Waals surface area contributed by atoms with Crippen molar-refractivity contribution in [3.8, 4) is 0 Å². The van der Waals surface area contributed by atoms with E-state index in [4.69, 9.17) is 24.6 Å². The molecule has 0 bridgehead atoms. The van der Waals surface area contributed by atoms with Crippen LogP contribution in [0.25, 0.3) is 11.2 Å². The van der Waals surface area contributed by atoms with E-state index in [0.717, 1.165) is 0 Å². The molecule has 1 fully saturated rings. The molecule has 13 heteroatoms. The average molecular weight is 388 g/mol. The molecule has 12 nitrogen and oxygen atoms in total. The lowest BCUT2D eigenvalue weighted by Gasteiger charge is -2.21. The number of aromatic nitrogens is 4. The number of aliphatic hydroxyl groups is 1. The third-order valence-electron chi connectivity index (χ3n) is 3.92. The Labute approximate surface area is 147 Å². The van der Waals surface area contributed by atoms with Gasteiger partial charge < -0.3 is 20.3 Å². The van der Waals surface area contributed by atoms with Gasteiger partial charge in [0.05, 0.1) is 12.9 Å². The van der Waals surface area contributed by atoms with Crippen molar-refractivity contribution in [3.63, 3.8) is 0 Å². The van der Waals surface area contributed by atoms with E-state index >= 15 is 0 Å². The maximum Gasteiger partial charge on any atom is 0.695 e. The maximum atomic E-state index is 12.0. The van der Waals surface area contributed by atoms with Crippen molar-refractivity contribution < 1.29 is 28.6 Å². The molecule has 2 aromatic heterocycles. The van der Waals surface area contributed by atoms with Crippen molar-refractivity contribution in [1.82, 2.24) is 19.5 Å². The molecule has 1 aliphatic heterocycles. The predicted molar refractivity (Wildman–Crippen MR) is 88.3 cm³/mol. The van der Waals surface area contributed by atoms with Crippen molar-refractivity contribution in [2.24, 2.45) is 0 Å². The fourth-order valence-electron chi connectivity index (χ4n) is 2.87. The Kier molecular flexibility index (Phi) is 5.61. The van der Waals surface area contributed by atoms with E-state index < -0.39 is 45.0 Å². The van der Waals surface area contributed by atoms with E-state index in [2.05, 4.69) is 15.0 Å². The Morgan fingerprint density at radius 2 is 2.27 bits per heavy atom. The number of nitrogens with zero attached hydrogens (tertiary/aromatic N) is 3. The number of hydrogen-bond donors (Lipinski definition) is 4. The topological polar surface area (TPSA) is 175 Å². The lowest BCUT2D eigenvalue weighted by Crippen LogP contribution is -2.36. The van der Waals surface area contributed by atoms with E-state index in [1.165, 1.54) is 10.9 Å². The summed E-state index contributed by atoms with van der Waals surface area (Å²) in [5, 5.41) is 9.56. The summed E-state index contributed by atoms with van der Waals surface area (Å²) < 4.78 is 29.1. The van der Waals surface area contributed by atoms with Crippen LogP contribution in [0.1, 0.15) is 19.6 Å². The number of fused-ring (bicyclic) bond motifs is 1. The van der Waals surface area contributed by atoms with Crippen molar-refractivity contribution >= 4 is 25.4 Å². The van der Waals surface area contributed by atoms with Gasteiger partial charge in [0.1, 0.15) is 12.2 Å². The molecule has 1 saturated heterocycles. The molecule has 3 rings (SSSR count). The number of H-pyrrole nitrogens is 1. The third-order valence-corrected chi connectivity index (χ3v) is 4.34. The van der Waals surface area contributed by atoms with Gasteiger partial charge in [0, 0.05) is 11.2 Å². The molecule has 5 unspecified atom stereocenters. The predicted octanol–water partition coefficient (Wildman–Crippen LogP) is -0.578. The Hall–Kier alpha value is -1.95. The van der Waals surface area contributed by atoms with Crippen LogP contribution in [0.15, 0.2) is 11.1 Å². The second-order valence-corrected chi connectivity index (χ2v) is 6.35. The monoisotopic (exact) mass is 388 g/mol. The Morgan fingerprint density at radius 3 is 2.92 bits per heavy atom. The van der Waals surface area contributed by atoms with E-state index in [9.17, 15) is 14.5 Å². The summed E-state index contributed by atoms with van der Waals surface area (Å²) in [5.74, 6) is -0.0989. The molecule has 26 heavy (non-hydrogen) atoms. The van der Waals surface area contributed by atoms with Crippen molar-refractivity contribution in [3.05, 3.63) is 16.7 Å². The smallest absolute Gasteiger partial charge is 0.394 e. The summed E-state index contributed by atoms with van der Waals surface area (Å²) in [6.07, 6.45) is -1.63. The van der Waals surface area contributed by atoms with Crippen LogP contribution in [0.3, 0.4) is 0 Å². The fourth-order valence-corrected chi connectivity index (χ4v) is 3.33. The maximum absolute atomic E-state index is 12.0. The first-order chi connectivity index (χ1) is 12.5. The van der Waals surface area contributed by atoms with Gasteiger partial charge in [-0.3, -0.25) is 14.3 Å². The van der Waals surface area contributed by atoms with Crippen LogP contribution in [0, 0.1) is 0 Å². The molecule has 5 atom stereocenters. The second kappa shape index (κ2) is 7.74. The van der Waals surface area contributed by atoms with Gasteiger partial charge in [-0.05, 0) is 6.42 Å². The fraction of sp³-hybridized carbons (Fsp3) is 0.615. The Morgan fingerprint density at radius 1 is 1.50 bits per heavy atom. The van der Waals surface area contributed by atoms with E-state index in [0.29, 0.717) is 13.0 Å². The second-order valence-electron chi connectivity index (χ2n) is 5.67. The molecule has 2 aromatic rings. The molecule has 3 heterocycles. The SMILES string of the molecule is CCCOC1C(O[P+](=O)O)C(CO)OC1n1cnc2c(=O)[nH]c(N)nc21. The summed E-state index contributed by atoms with van der Waals surface area (Å²) in [6, 6.07) is 0. The van der Waals surface area contributed by atoms with Gasteiger partial charge in [-0.15, -0.1) is 9.42 Å². The first kappa shape index (κ1) is 18.8. The van der Waals surface area contributed by atoms with Gasteiger partial charge in [-0.25, -0.2) is 4.98 Å². The molecule has 0 spiro atoms. The van der Waals surface area contributed by atoms with Crippen LogP contribution in [-0.2, 0) is 18.6 Å². The van der Waals surface area contributed by atoms with Crippen LogP contribution in [0.5, 0.6) is 0 Å². The number of nitrogen functional groups attached to an aromatic ring is 1. The van der Waals surface area contributed by atoms with Gasteiger partial charge in [-0.2, -0.15) is 4.98 Å². The first-order valence-corrected chi connectivity index (χ1v) is 9.02. The van der Waals surface area contributed by atoms with E-state index in [1.807, 2.05) is 6.92 Å². The van der Waals surface area contributed by atoms with Gasteiger partial charge in [-0.1, -0.05) is 6.92 Å². The molecular formula is C13H19N5O7P+. The largest absolute Gasteiger partial charge is 0.695 e. The minimum atomic E-state index is -2.94. The molecule has 0 amide bonds. The highest BCUT2D eigenvalue weighted by Crippen LogP contribution is 2.38. The van der Waals surface area contributed by atoms with Gasteiger partial charge in [0.25, 0.3) is 5.56 Å². The zero-order valence-corrected chi connectivity index (χ0v) is 14.7. The van der Waals surface area contributed by atoms with E-state index in [1.54, 1.807) is 0 Å². The molecule has 1 aliphatic rings. The lowest BCUT2D eigenvalue weighted by molar-refractivity contribution is -0.0698. The number of hydrogen-bond acceptors (Lipinski definition) is 9. The van der Waals surface area contributed by atoms with Crippen LogP contribution < -0.4 is 11.3 Å². The van der Waals surface area contributed by atoms with Crippen molar-refractivity contribution in [1.29, 1.82) is 0 Å². The number of rotatable bonds is 7. The molecule has 0 aromatic carbocycles. The number of anilines is 1. The number of nitrogens with one attached hydrogen (secondary N) is 1. The summed E-state index contributed by atoms with van der Waals surface area (Å²) in [7, 11) is -2.94. The number of imidazole rings is 1. The highest BCUT2D eigenvalue weighted by molar-refractivity contribution is 7.32. The third kappa shape index (κ3) is 3.47. The number of aromatic amines is 1. The van der Waals surface area contributed by atoms with Crippen LogP contribution in [0.2, 0.25) is 0 Å². The van der Waals surface area contributed by atoms with Crippen LogP contribution in [-0.4, -0.2) is 61.0 Å². The van der Waals surface area contributed by atoms with Crippen LogP contribution in [0.4, 0.5) is 5.95 Å². The Bertz CT molecular complexity index is 855. The highest BCUT2D eigenvalue weighted by atomic mass is 31.1. The summed E-state index contributed by atoms with van der Waals surface area (Å²) in [4.78, 5) is 31.5. The summed E-state index contributed by atoms with van der Waals surface area (Å²) in [6.45, 7) is 1.76. The van der Waals surface area contributed by atoms with E-state index in [-0.39, 0.29) is 17.1 Å². The summed E-state index contributed by atoms with van der Waals surface area (Å²) >= 11 is 0. The summed E-state index contributed by atoms with van der Waals surface area (Å²) in [5.41, 5.74) is 5.29. The van der Waals surface area contributed by atoms with Crippen molar-refractivity contribution in [2.45, 2.75) is 37.9 Å². The highest BCUT2D eigenvalue weighted by Gasteiger charge is 2.51. The molecular weight excluding hydrogens is 369 g/mol. The molecule has 0 radical (unpaired) electrons. The molecule has 0 saturated carbocycles. The first-order valence-electron chi connectivity index (χ1n) is 7.89. The average Bonchev–Trinajstić information content (AvgIpc) is 3.14.